The Morgan fingerprint density at radius 1 is 1.12 bits per heavy atom. The van der Waals surface area contributed by atoms with Crippen LogP contribution in [0.4, 0.5) is 0 Å². The summed E-state index contributed by atoms with van der Waals surface area (Å²) in [5.74, 6) is 0.236. The van der Waals surface area contributed by atoms with E-state index in [4.69, 9.17) is 0 Å². The van der Waals surface area contributed by atoms with Crippen molar-refractivity contribution in [2.75, 3.05) is 13.1 Å². The van der Waals surface area contributed by atoms with Crippen LogP contribution in [0.1, 0.15) is 30.1 Å². The van der Waals surface area contributed by atoms with Gasteiger partial charge in [-0.25, -0.2) is 0 Å². The van der Waals surface area contributed by atoms with Crippen molar-refractivity contribution in [1.29, 1.82) is 0 Å². The SMILES string of the molecule is O=C(/C=C\c1ccncc1)N1CCC([C@H](O)c2ccccc2)CC1. The number of hydrogen-bond acceptors (Lipinski definition) is 3. The number of aliphatic hydroxyl groups excluding tert-OH is 1. The minimum absolute atomic E-state index is 0.0273. The highest BCUT2D eigenvalue weighted by Gasteiger charge is 2.27. The molecule has 124 valence electrons. The van der Waals surface area contributed by atoms with Crippen LogP contribution < -0.4 is 0 Å². The lowest BCUT2D eigenvalue weighted by Gasteiger charge is -2.33. The Morgan fingerprint density at radius 2 is 1.79 bits per heavy atom. The largest absolute Gasteiger partial charge is 0.388 e. The highest BCUT2D eigenvalue weighted by Crippen LogP contribution is 2.30. The Labute approximate surface area is 142 Å². The summed E-state index contributed by atoms with van der Waals surface area (Å²) in [6, 6.07) is 13.5. The number of pyridine rings is 1. The molecule has 0 unspecified atom stereocenters. The molecule has 0 spiro atoms. The van der Waals surface area contributed by atoms with Crippen LogP contribution in [0.5, 0.6) is 0 Å². The van der Waals surface area contributed by atoms with Crippen molar-refractivity contribution in [1.82, 2.24) is 9.88 Å². The van der Waals surface area contributed by atoms with E-state index in [1.54, 1.807) is 18.5 Å². The van der Waals surface area contributed by atoms with Crippen LogP contribution in [0.3, 0.4) is 0 Å². The number of nitrogens with zero attached hydrogens (tertiary/aromatic N) is 2. The van der Waals surface area contributed by atoms with Crippen molar-refractivity contribution in [2.24, 2.45) is 5.92 Å². The van der Waals surface area contributed by atoms with Crippen LogP contribution >= 0.6 is 0 Å². The summed E-state index contributed by atoms with van der Waals surface area (Å²) in [4.78, 5) is 18.1. The first-order chi connectivity index (χ1) is 11.7. The fraction of sp³-hybridized carbons (Fsp3) is 0.300. The van der Waals surface area contributed by atoms with Crippen LogP contribution in [0, 0.1) is 5.92 Å². The summed E-state index contributed by atoms with van der Waals surface area (Å²) < 4.78 is 0. The minimum atomic E-state index is -0.448. The molecule has 1 aliphatic heterocycles. The van der Waals surface area contributed by atoms with Crippen molar-refractivity contribution in [3.63, 3.8) is 0 Å². The zero-order valence-electron chi connectivity index (χ0n) is 13.6. The van der Waals surface area contributed by atoms with Crippen LogP contribution in [-0.2, 0) is 4.79 Å². The topological polar surface area (TPSA) is 53.4 Å². The summed E-state index contributed by atoms with van der Waals surface area (Å²) in [7, 11) is 0. The molecule has 0 aliphatic carbocycles. The van der Waals surface area contributed by atoms with E-state index in [0.717, 1.165) is 24.0 Å². The van der Waals surface area contributed by atoms with Crippen LogP contribution in [-0.4, -0.2) is 34.0 Å². The number of likely N-dealkylation sites (tertiary alicyclic amines) is 1. The number of aliphatic hydroxyl groups is 1. The average molecular weight is 322 g/mol. The van der Waals surface area contributed by atoms with Gasteiger partial charge in [0.1, 0.15) is 0 Å². The molecule has 1 aromatic heterocycles. The van der Waals surface area contributed by atoms with Crippen molar-refractivity contribution in [2.45, 2.75) is 18.9 Å². The smallest absolute Gasteiger partial charge is 0.246 e. The van der Waals surface area contributed by atoms with Gasteiger partial charge in [-0.15, -0.1) is 0 Å². The molecule has 1 atom stereocenters. The van der Waals surface area contributed by atoms with Gasteiger partial charge < -0.3 is 10.0 Å². The van der Waals surface area contributed by atoms with Gasteiger partial charge in [0.25, 0.3) is 0 Å². The average Bonchev–Trinajstić information content (AvgIpc) is 2.67. The summed E-state index contributed by atoms with van der Waals surface area (Å²) in [5.41, 5.74) is 1.92. The molecule has 1 N–H and O–H groups in total. The number of amides is 1. The van der Waals surface area contributed by atoms with Crippen molar-refractivity contribution in [3.8, 4) is 0 Å². The minimum Gasteiger partial charge on any atom is -0.388 e. The van der Waals surface area contributed by atoms with E-state index in [0.29, 0.717) is 13.1 Å². The number of carbonyl (C=O) groups is 1. The first-order valence-corrected chi connectivity index (χ1v) is 8.34. The van der Waals surface area contributed by atoms with Gasteiger partial charge in [-0.3, -0.25) is 9.78 Å². The Hall–Kier alpha value is -2.46. The molecule has 1 saturated heterocycles. The number of aromatic nitrogens is 1. The van der Waals surface area contributed by atoms with E-state index in [1.807, 2.05) is 53.4 Å². The number of benzene rings is 1. The molecule has 1 amide bonds. The van der Waals surface area contributed by atoms with E-state index in [-0.39, 0.29) is 11.8 Å². The van der Waals surface area contributed by atoms with Gasteiger partial charge >= 0.3 is 0 Å². The van der Waals surface area contributed by atoms with Crippen LogP contribution in [0.15, 0.2) is 60.9 Å². The monoisotopic (exact) mass is 322 g/mol. The normalized spacial score (nSPS) is 17.1. The van der Waals surface area contributed by atoms with E-state index in [1.165, 1.54) is 0 Å². The molecular weight excluding hydrogens is 300 g/mol. The summed E-state index contributed by atoms with van der Waals surface area (Å²) in [6.45, 7) is 1.38. The Balaban J connectivity index is 1.53. The summed E-state index contributed by atoms with van der Waals surface area (Å²) >= 11 is 0. The zero-order valence-corrected chi connectivity index (χ0v) is 13.6. The molecule has 3 rings (SSSR count). The second-order valence-electron chi connectivity index (χ2n) is 6.13. The number of rotatable bonds is 4. The third-order valence-electron chi connectivity index (χ3n) is 4.56. The van der Waals surface area contributed by atoms with Crippen molar-refractivity contribution < 1.29 is 9.90 Å². The molecule has 4 nitrogen and oxygen atoms in total. The van der Waals surface area contributed by atoms with Crippen molar-refractivity contribution >= 4 is 12.0 Å². The maximum atomic E-state index is 12.3. The second-order valence-corrected chi connectivity index (χ2v) is 6.13. The lowest BCUT2D eigenvalue weighted by molar-refractivity contribution is -0.127. The fourth-order valence-electron chi connectivity index (χ4n) is 3.11. The number of carbonyl (C=O) groups excluding carboxylic acids is 1. The molecule has 4 heteroatoms. The van der Waals surface area contributed by atoms with Crippen LogP contribution in [0.25, 0.3) is 6.08 Å². The molecule has 1 aliphatic rings. The molecule has 2 heterocycles. The first-order valence-electron chi connectivity index (χ1n) is 8.34. The van der Waals surface area contributed by atoms with E-state index in [2.05, 4.69) is 4.98 Å². The lowest BCUT2D eigenvalue weighted by atomic mass is 9.87. The van der Waals surface area contributed by atoms with Gasteiger partial charge in [-0.1, -0.05) is 30.3 Å². The van der Waals surface area contributed by atoms with E-state index < -0.39 is 6.10 Å². The predicted octanol–water partition coefficient (Wildman–Crippen LogP) is 3.07. The fourth-order valence-corrected chi connectivity index (χ4v) is 3.11. The van der Waals surface area contributed by atoms with Crippen LogP contribution in [0.2, 0.25) is 0 Å². The summed E-state index contributed by atoms with van der Waals surface area (Å²) in [6.07, 6.45) is 8.05. The maximum Gasteiger partial charge on any atom is 0.246 e. The molecule has 0 bridgehead atoms. The highest BCUT2D eigenvalue weighted by molar-refractivity contribution is 5.91. The molecule has 2 aromatic rings. The maximum absolute atomic E-state index is 12.3. The first kappa shape index (κ1) is 16.4. The van der Waals surface area contributed by atoms with Gasteiger partial charge in [0.05, 0.1) is 6.10 Å². The molecule has 24 heavy (non-hydrogen) atoms. The molecule has 0 radical (unpaired) electrons. The van der Waals surface area contributed by atoms with E-state index >= 15 is 0 Å². The lowest BCUT2D eigenvalue weighted by Crippen LogP contribution is -2.38. The van der Waals surface area contributed by atoms with Gasteiger partial charge in [-0.05, 0) is 48.1 Å². The quantitative estimate of drug-likeness (QED) is 0.880. The third kappa shape index (κ3) is 4.09. The summed E-state index contributed by atoms with van der Waals surface area (Å²) in [5, 5.41) is 10.5. The Kier molecular flexibility index (Phi) is 5.39. The van der Waals surface area contributed by atoms with Gasteiger partial charge in [0.2, 0.25) is 5.91 Å². The zero-order chi connectivity index (χ0) is 16.8. The molecule has 0 saturated carbocycles. The predicted molar refractivity (Wildman–Crippen MR) is 94.0 cm³/mol. The Morgan fingerprint density at radius 3 is 2.46 bits per heavy atom. The standard InChI is InChI=1S/C20H22N2O2/c23-19(7-6-16-8-12-21-13-9-16)22-14-10-18(11-15-22)20(24)17-4-2-1-3-5-17/h1-9,12-13,18,20,24H,10-11,14-15H2/b7-6-/t20-/m1/s1. The number of piperidine rings is 1. The highest BCUT2D eigenvalue weighted by atomic mass is 16.3. The van der Waals surface area contributed by atoms with Gasteiger partial charge in [-0.2, -0.15) is 0 Å². The molecular formula is C20H22N2O2. The molecule has 1 fully saturated rings. The number of hydrogen-bond donors (Lipinski definition) is 1. The molecule has 1 aromatic carbocycles. The van der Waals surface area contributed by atoms with E-state index in [9.17, 15) is 9.90 Å². The Bertz CT molecular complexity index is 677. The van der Waals surface area contributed by atoms with Gasteiger partial charge in [0, 0.05) is 31.6 Å². The van der Waals surface area contributed by atoms with Gasteiger partial charge in [0.15, 0.2) is 0 Å². The third-order valence-corrected chi connectivity index (χ3v) is 4.56. The van der Waals surface area contributed by atoms with Crippen molar-refractivity contribution in [3.05, 3.63) is 72.1 Å². The second kappa shape index (κ2) is 7.88.